The lowest BCUT2D eigenvalue weighted by atomic mass is 9.95. The molecule has 1 aliphatic heterocycles. The zero-order valence-electron chi connectivity index (χ0n) is 15.1. The Morgan fingerprint density at radius 3 is 2.54 bits per heavy atom. The molecule has 6 nitrogen and oxygen atoms in total. The molecule has 2 heterocycles. The van der Waals surface area contributed by atoms with E-state index < -0.39 is 17.4 Å². The van der Waals surface area contributed by atoms with Gasteiger partial charge in [0.2, 0.25) is 5.91 Å². The molecule has 1 aliphatic rings. The fourth-order valence-electron chi connectivity index (χ4n) is 3.13. The Kier molecular flexibility index (Phi) is 5.49. The third kappa shape index (κ3) is 4.39. The van der Waals surface area contributed by atoms with Gasteiger partial charge in [0.05, 0.1) is 30.2 Å². The molecule has 28 heavy (non-hydrogen) atoms. The average molecular weight is 389 g/mol. The minimum atomic E-state index is -4.58. The fraction of sp³-hybridized carbons (Fsp3) is 0.368. The van der Waals surface area contributed by atoms with Crippen molar-refractivity contribution in [3.8, 4) is 0 Å². The Labute approximate surface area is 160 Å². The Morgan fingerprint density at radius 2 is 1.96 bits per heavy atom. The molecular formula is C19H18F3N5O. The van der Waals surface area contributed by atoms with Gasteiger partial charge in [0.1, 0.15) is 0 Å². The first-order valence-corrected chi connectivity index (χ1v) is 8.71. The molecule has 1 saturated heterocycles. The van der Waals surface area contributed by atoms with E-state index in [9.17, 15) is 18.0 Å². The van der Waals surface area contributed by atoms with E-state index in [1.807, 2.05) is 0 Å². The van der Waals surface area contributed by atoms with Crippen molar-refractivity contribution in [3.05, 3.63) is 53.3 Å². The zero-order valence-corrected chi connectivity index (χ0v) is 15.1. The highest BCUT2D eigenvalue weighted by molar-refractivity contribution is 5.91. The van der Waals surface area contributed by atoms with Crippen LogP contribution in [0.5, 0.6) is 0 Å². The Hall–Kier alpha value is -3.15. The van der Waals surface area contributed by atoms with Crippen molar-refractivity contribution in [3.63, 3.8) is 0 Å². The van der Waals surface area contributed by atoms with Gasteiger partial charge in [-0.05, 0) is 31.9 Å². The molecule has 0 saturated carbocycles. The average Bonchev–Trinajstić information content (AvgIpc) is 2.68. The maximum Gasteiger partial charge on any atom is 0.407 e. The van der Waals surface area contributed by atoms with Crippen LogP contribution in [0, 0.1) is 19.4 Å². The van der Waals surface area contributed by atoms with Gasteiger partial charge in [0.15, 0.2) is 11.5 Å². The molecule has 0 unspecified atom stereocenters. The van der Waals surface area contributed by atoms with Crippen LogP contribution in [0.1, 0.15) is 24.1 Å². The van der Waals surface area contributed by atoms with Gasteiger partial charge in [-0.2, -0.15) is 13.2 Å². The van der Waals surface area contributed by atoms with E-state index in [0.29, 0.717) is 37.4 Å². The summed E-state index contributed by atoms with van der Waals surface area (Å²) >= 11 is 0. The summed E-state index contributed by atoms with van der Waals surface area (Å²) in [7, 11) is 0. The van der Waals surface area contributed by atoms with Crippen LogP contribution in [0.2, 0.25) is 0 Å². The van der Waals surface area contributed by atoms with E-state index in [1.54, 1.807) is 18.0 Å². The number of alkyl halides is 3. The summed E-state index contributed by atoms with van der Waals surface area (Å²) < 4.78 is 39.5. The number of hydrogen-bond acceptors (Lipinski definition) is 4. The number of aryl methyl sites for hydroxylation is 1. The summed E-state index contributed by atoms with van der Waals surface area (Å²) in [5.74, 6) is -0.0383. The summed E-state index contributed by atoms with van der Waals surface area (Å²) in [5, 5.41) is 2.72. The van der Waals surface area contributed by atoms with Crippen molar-refractivity contribution in [1.82, 2.24) is 9.97 Å². The van der Waals surface area contributed by atoms with Crippen molar-refractivity contribution < 1.29 is 18.0 Å². The molecule has 0 atom stereocenters. The number of nitrogens with one attached hydrogen (secondary N) is 1. The Morgan fingerprint density at radius 1 is 1.25 bits per heavy atom. The monoisotopic (exact) mass is 389 g/mol. The van der Waals surface area contributed by atoms with Gasteiger partial charge in [-0.1, -0.05) is 6.07 Å². The molecule has 0 bridgehead atoms. The largest absolute Gasteiger partial charge is 0.407 e. The van der Waals surface area contributed by atoms with Crippen LogP contribution in [0.25, 0.3) is 4.85 Å². The van der Waals surface area contributed by atoms with Gasteiger partial charge >= 0.3 is 6.18 Å². The molecule has 1 amide bonds. The van der Waals surface area contributed by atoms with Crippen LogP contribution >= 0.6 is 0 Å². The van der Waals surface area contributed by atoms with Gasteiger partial charge in [-0.3, -0.25) is 9.78 Å². The Balaban J connectivity index is 1.64. The molecule has 1 aromatic carbocycles. The van der Waals surface area contributed by atoms with E-state index in [1.165, 1.54) is 18.3 Å². The van der Waals surface area contributed by atoms with E-state index in [-0.39, 0.29) is 11.8 Å². The Bertz CT molecular complexity index is 897. The number of halogens is 3. The third-order valence-electron chi connectivity index (χ3n) is 4.67. The molecule has 1 N–H and O–H groups in total. The molecule has 0 spiro atoms. The first kappa shape index (κ1) is 19.6. The third-order valence-corrected chi connectivity index (χ3v) is 4.67. The van der Waals surface area contributed by atoms with E-state index >= 15 is 0 Å². The summed E-state index contributed by atoms with van der Waals surface area (Å²) in [6, 6.07) is 3.72. The van der Waals surface area contributed by atoms with Crippen molar-refractivity contribution in [1.29, 1.82) is 0 Å². The number of benzene rings is 1. The lowest BCUT2D eigenvalue weighted by molar-refractivity contribution is -0.136. The van der Waals surface area contributed by atoms with Gasteiger partial charge in [-0.15, -0.1) is 0 Å². The zero-order chi connectivity index (χ0) is 20.3. The molecule has 1 aromatic heterocycles. The molecule has 1 fully saturated rings. The van der Waals surface area contributed by atoms with Crippen LogP contribution in [0.15, 0.2) is 30.6 Å². The first-order chi connectivity index (χ1) is 13.3. The second kappa shape index (κ2) is 7.84. The number of aromatic nitrogens is 2. The van der Waals surface area contributed by atoms with Gasteiger partial charge in [0, 0.05) is 24.7 Å². The van der Waals surface area contributed by atoms with Crippen molar-refractivity contribution in [2.75, 3.05) is 23.3 Å². The van der Waals surface area contributed by atoms with E-state index in [2.05, 4.69) is 20.1 Å². The van der Waals surface area contributed by atoms with Crippen molar-refractivity contribution in [2.45, 2.75) is 25.9 Å². The number of anilines is 2. The van der Waals surface area contributed by atoms with Gasteiger partial charge < -0.3 is 10.2 Å². The maximum absolute atomic E-state index is 13.2. The second-order valence-corrected chi connectivity index (χ2v) is 6.60. The molecular weight excluding hydrogens is 371 g/mol. The molecule has 3 rings (SSSR count). The first-order valence-electron chi connectivity index (χ1n) is 8.71. The van der Waals surface area contributed by atoms with Gasteiger partial charge in [-0.25, -0.2) is 9.83 Å². The molecule has 0 aliphatic carbocycles. The highest BCUT2D eigenvalue weighted by Gasteiger charge is 2.34. The smallest absolute Gasteiger partial charge is 0.372 e. The van der Waals surface area contributed by atoms with Crippen LogP contribution in [-0.2, 0) is 11.0 Å². The fourth-order valence-corrected chi connectivity index (χ4v) is 3.13. The topological polar surface area (TPSA) is 62.5 Å². The summed E-state index contributed by atoms with van der Waals surface area (Å²) in [4.78, 5) is 25.3. The lowest BCUT2D eigenvalue weighted by Crippen LogP contribution is -2.38. The number of rotatable bonds is 3. The number of hydrogen-bond donors (Lipinski definition) is 1. The number of carbonyl (C=O) groups excluding carboxylic acids is 1. The molecule has 9 heteroatoms. The second-order valence-electron chi connectivity index (χ2n) is 6.60. The molecule has 146 valence electrons. The minimum Gasteiger partial charge on any atom is -0.372 e. The summed E-state index contributed by atoms with van der Waals surface area (Å²) in [6.45, 7) is 9.61. The van der Waals surface area contributed by atoms with Crippen molar-refractivity contribution >= 4 is 23.1 Å². The highest BCUT2D eigenvalue weighted by atomic mass is 19.4. The number of piperidine rings is 1. The van der Waals surface area contributed by atoms with Crippen LogP contribution < -0.4 is 10.2 Å². The molecule has 2 aromatic rings. The number of amides is 1. The summed E-state index contributed by atoms with van der Waals surface area (Å²) in [5.41, 5.74) is -0.195. The SMILES string of the molecule is [C-]#[N+]c1ccc(N2CCC(C(=O)Nc3cnc(C)cn3)CC2)cc1C(F)(F)F. The van der Waals surface area contributed by atoms with Crippen LogP contribution in [0.3, 0.4) is 0 Å². The highest BCUT2D eigenvalue weighted by Crippen LogP contribution is 2.39. The normalized spacial score (nSPS) is 15.2. The summed E-state index contributed by atoms with van der Waals surface area (Å²) in [6.07, 6.45) is -0.513. The van der Waals surface area contributed by atoms with Gasteiger partial charge in [0.25, 0.3) is 0 Å². The van der Waals surface area contributed by atoms with E-state index in [4.69, 9.17) is 6.57 Å². The lowest BCUT2D eigenvalue weighted by Gasteiger charge is -2.33. The predicted molar refractivity (Wildman–Crippen MR) is 98.0 cm³/mol. The number of carbonyl (C=O) groups is 1. The molecule has 0 radical (unpaired) electrons. The maximum atomic E-state index is 13.2. The quantitative estimate of drug-likeness (QED) is 0.799. The number of nitrogens with zero attached hydrogens (tertiary/aromatic N) is 4. The van der Waals surface area contributed by atoms with Crippen LogP contribution in [-0.4, -0.2) is 29.0 Å². The van der Waals surface area contributed by atoms with Crippen LogP contribution in [0.4, 0.5) is 30.4 Å². The predicted octanol–water partition coefficient (Wildman–Crippen LogP) is 4.21. The standard InChI is InChI=1S/C19H18F3N5O/c1-12-10-25-17(11-24-12)26-18(28)13-5-7-27(8-6-13)14-3-4-16(23-2)15(9-14)19(20,21)22/h3-4,9-11,13H,5-8H2,1H3,(H,25,26,28). The minimum absolute atomic E-state index is 0.169. The van der Waals surface area contributed by atoms with Crippen molar-refractivity contribution in [2.24, 2.45) is 5.92 Å². The van der Waals surface area contributed by atoms with E-state index in [0.717, 1.165) is 11.8 Å².